The number of anilines is 3. The van der Waals surface area contributed by atoms with E-state index in [1.165, 1.54) is 0 Å². The topological polar surface area (TPSA) is 80.3 Å². The molecule has 1 fully saturated rings. The van der Waals surface area contributed by atoms with Crippen molar-refractivity contribution in [2.45, 2.75) is 33.2 Å². The average Bonchev–Trinajstić information content (AvgIpc) is 3.12. The van der Waals surface area contributed by atoms with Crippen molar-refractivity contribution < 1.29 is 9.47 Å². The maximum Gasteiger partial charge on any atom is 0.229 e. The third kappa shape index (κ3) is 5.47. The molecule has 1 aromatic heterocycles. The van der Waals surface area contributed by atoms with Crippen LogP contribution in [-0.2, 0) is 0 Å². The van der Waals surface area contributed by atoms with Gasteiger partial charge in [0.25, 0.3) is 0 Å². The lowest BCUT2D eigenvalue weighted by molar-refractivity contribution is 0.248. The van der Waals surface area contributed by atoms with Crippen molar-refractivity contribution in [3.05, 3.63) is 30.0 Å². The minimum atomic E-state index is 0.304. The summed E-state index contributed by atoms with van der Waals surface area (Å²) >= 11 is 0. The van der Waals surface area contributed by atoms with E-state index < -0.39 is 0 Å². The first-order valence-electron chi connectivity index (χ1n) is 9.44. The van der Waals surface area contributed by atoms with Gasteiger partial charge < -0.3 is 25.4 Å². The predicted octanol–water partition coefficient (Wildman–Crippen LogP) is 3.35. The lowest BCUT2D eigenvalue weighted by Crippen LogP contribution is -2.15. The van der Waals surface area contributed by atoms with E-state index in [4.69, 9.17) is 9.47 Å². The van der Waals surface area contributed by atoms with Crippen molar-refractivity contribution in [2.75, 3.05) is 37.4 Å². The van der Waals surface area contributed by atoms with Gasteiger partial charge in [0.1, 0.15) is 5.82 Å². The average molecular weight is 371 g/mol. The van der Waals surface area contributed by atoms with E-state index in [1.807, 2.05) is 31.2 Å². The van der Waals surface area contributed by atoms with Crippen LogP contribution in [0.5, 0.6) is 11.5 Å². The van der Waals surface area contributed by atoms with Crippen molar-refractivity contribution in [2.24, 2.45) is 5.92 Å². The highest BCUT2D eigenvalue weighted by Crippen LogP contribution is 2.32. The number of methoxy groups -OCH3 is 1. The molecule has 1 saturated heterocycles. The molecule has 0 unspecified atom stereocenters. The van der Waals surface area contributed by atoms with Gasteiger partial charge in [-0.05, 0) is 45.9 Å². The van der Waals surface area contributed by atoms with Gasteiger partial charge in [-0.15, -0.1) is 0 Å². The van der Waals surface area contributed by atoms with E-state index in [2.05, 4.69) is 39.8 Å². The van der Waals surface area contributed by atoms with Crippen molar-refractivity contribution in [1.29, 1.82) is 0 Å². The van der Waals surface area contributed by atoms with Gasteiger partial charge >= 0.3 is 0 Å². The van der Waals surface area contributed by atoms with Crippen molar-refractivity contribution in [3.8, 4) is 11.5 Å². The zero-order chi connectivity index (χ0) is 19.2. The summed E-state index contributed by atoms with van der Waals surface area (Å²) in [5, 5.41) is 9.94. The largest absolute Gasteiger partial charge is 0.493 e. The molecule has 0 saturated carbocycles. The minimum Gasteiger partial charge on any atom is -0.493 e. The molecule has 2 aromatic rings. The molecule has 27 heavy (non-hydrogen) atoms. The van der Waals surface area contributed by atoms with E-state index in [0.29, 0.717) is 24.5 Å². The van der Waals surface area contributed by atoms with Crippen LogP contribution in [0.1, 0.15) is 26.0 Å². The van der Waals surface area contributed by atoms with Gasteiger partial charge in [-0.25, -0.2) is 4.98 Å². The molecule has 7 heteroatoms. The summed E-state index contributed by atoms with van der Waals surface area (Å²) in [5.41, 5.74) is 1.76. The summed E-state index contributed by atoms with van der Waals surface area (Å²) < 4.78 is 11.5. The highest BCUT2D eigenvalue weighted by atomic mass is 16.5. The van der Waals surface area contributed by atoms with Crippen LogP contribution in [0.3, 0.4) is 0 Å². The van der Waals surface area contributed by atoms with Gasteiger partial charge in [0.15, 0.2) is 11.5 Å². The number of ether oxygens (including phenoxy) is 2. The second kappa shape index (κ2) is 8.90. The zero-order valence-corrected chi connectivity index (χ0v) is 16.5. The molecule has 1 atom stereocenters. The SMILES string of the molecule is COc1ccc(Nc2nc(C)cc(NC(C)C)n2)cc1OC[C@@H]1CCNC1. The van der Waals surface area contributed by atoms with Crippen LogP contribution in [0, 0.1) is 12.8 Å². The second-order valence-corrected chi connectivity index (χ2v) is 7.18. The standard InChI is InChI=1S/C20H29N5O2/c1-13(2)22-19-9-14(3)23-20(25-19)24-16-5-6-17(26-4)18(10-16)27-12-15-7-8-21-11-15/h5-6,9-10,13,15,21H,7-8,11-12H2,1-4H3,(H2,22,23,24,25)/t15-/m1/s1. The normalized spacial score (nSPS) is 16.4. The summed E-state index contributed by atoms with van der Waals surface area (Å²) in [6, 6.07) is 8.00. The molecule has 0 amide bonds. The first-order chi connectivity index (χ1) is 13.0. The molecule has 1 aliphatic heterocycles. The molecule has 0 bridgehead atoms. The molecule has 3 N–H and O–H groups in total. The van der Waals surface area contributed by atoms with Crippen molar-refractivity contribution in [3.63, 3.8) is 0 Å². The van der Waals surface area contributed by atoms with E-state index in [1.54, 1.807) is 7.11 Å². The monoisotopic (exact) mass is 371 g/mol. The van der Waals surface area contributed by atoms with Gasteiger partial charge in [0.05, 0.1) is 13.7 Å². The fourth-order valence-corrected chi connectivity index (χ4v) is 3.05. The Morgan fingerprint density at radius 1 is 1.22 bits per heavy atom. The molecule has 7 nitrogen and oxygen atoms in total. The van der Waals surface area contributed by atoms with E-state index in [9.17, 15) is 0 Å². The molecule has 0 radical (unpaired) electrons. The number of nitrogens with one attached hydrogen (secondary N) is 3. The Hall–Kier alpha value is -2.54. The van der Waals surface area contributed by atoms with Gasteiger partial charge in [-0.1, -0.05) is 0 Å². The highest BCUT2D eigenvalue weighted by molar-refractivity contribution is 5.60. The Balaban J connectivity index is 1.74. The van der Waals surface area contributed by atoms with Crippen LogP contribution in [0.25, 0.3) is 0 Å². The number of aromatic nitrogens is 2. The lowest BCUT2D eigenvalue weighted by Gasteiger charge is -2.16. The van der Waals surface area contributed by atoms with Gasteiger partial charge in [0.2, 0.25) is 5.95 Å². The summed E-state index contributed by atoms with van der Waals surface area (Å²) in [5.74, 6) is 3.34. The molecule has 0 aliphatic carbocycles. The third-order valence-electron chi connectivity index (χ3n) is 4.35. The van der Waals surface area contributed by atoms with E-state index in [-0.39, 0.29) is 0 Å². The maximum absolute atomic E-state index is 6.03. The van der Waals surface area contributed by atoms with Crippen LogP contribution in [0.2, 0.25) is 0 Å². The summed E-state index contributed by atoms with van der Waals surface area (Å²) in [7, 11) is 1.65. The van der Waals surface area contributed by atoms with Gasteiger partial charge in [-0.2, -0.15) is 4.98 Å². The van der Waals surface area contributed by atoms with Crippen LogP contribution in [0.4, 0.5) is 17.5 Å². The summed E-state index contributed by atoms with van der Waals surface area (Å²) in [4.78, 5) is 9.01. The highest BCUT2D eigenvalue weighted by Gasteiger charge is 2.16. The second-order valence-electron chi connectivity index (χ2n) is 7.18. The molecule has 1 aliphatic rings. The Kier molecular flexibility index (Phi) is 6.34. The molecular formula is C20H29N5O2. The molecule has 0 spiro atoms. The quantitative estimate of drug-likeness (QED) is 0.656. The first-order valence-corrected chi connectivity index (χ1v) is 9.44. The Morgan fingerprint density at radius 2 is 2.07 bits per heavy atom. The fourth-order valence-electron chi connectivity index (χ4n) is 3.05. The summed E-state index contributed by atoms with van der Waals surface area (Å²) in [6.45, 7) is 8.86. The van der Waals surface area contributed by atoms with E-state index in [0.717, 1.165) is 48.2 Å². The predicted molar refractivity (Wildman–Crippen MR) is 108 cm³/mol. The number of aryl methyl sites for hydroxylation is 1. The van der Waals surface area contributed by atoms with Crippen LogP contribution in [0.15, 0.2) is 24.3 Å². The molecule has 1 aromatic carbocycles. The Bertz CT molecular complexity index is 760. The van der Waals surface area contributed by atoms with Gasteiger partial charge in [0, 0.05) is 42.0 Å². The minimum absolute atomic E-state index is 0.304. The molecular weight excluding hydrogens is 342 g/mol. The number of rotatable bonds is 8. The molecule has 146 valence electrons. The zero-order valence-electron chi connectivity index (χ0n) is 16.5. The third-order valence-corrected chi connectivity index (χ3v) is 4.35. The maximum atomic E-state index is 6.03. The first kappa shape index (κ1) is 19.2. The smallest absolute Gasteiger partial charge is 0.229 e. The van der Waals surface area contributed by atoms with Gasteiger partial charge in [-0.3, -0.25) is 0 Å². The number of hydrogen-bond acceptors (Lipinski definition) is 7. The lowest BCUT2D eigenvalue weighted by atomic mass is 10.1. The number of benzene rings is 1. The van der Waals surface area contributed by atoms with Crippen LogP contribution < -0.4 is 25.4 Å². The number of nitrogens with zero attached hydrogens (tertiary/aromatic N) is 2. The van der Waals surface area contributed by atoms with Crippen LogP contribution in [-0.4, -0.2) is 42.8 Å². The Labute approximate surface area is 160 Å². The fraction of sp³-hybridized carbons (Fsp3) is 0.500. The molecule has 2 heterocycles. The van der Waals surface area contributed by atoms with E-state index >= 15 is 0 Å². The number of hydrogen-bond donors (Lipinski definition) is 3. The van der Waals surface area contributed by atoms with Crippen molar-refractivity contribution >= 4 is 17.5 Å². The summed E-state index contributed by atoms with van der Waals surface area (Å²) in [6.07, 6.45) is 1.14. The van der Waals surface area contributed by atoms with Crippen molar-refractivity contribution in [1.82, 2.24) is 15.3 Å². The Morgan fingerprint density at radius 3 is 2.78 bits per heavy atom. The molecule has 3 rings (SSSR count). The van der Waals surface area contributed by atoms with Crippen LogP contribution >= 0.6 is 0 Å².